The Morgan fingerprint density at radius 1 is 0.895 bits per heavy atom. The van der Waals surface area contributed by atoms with E-state index < -0.39 is 5.91 Å². The van der Waals surface area contributed by atoms with Crippen LogP contribution in [0.5, 0.6) is 11.5 Å². The zero-order valence-corrected chi connectivity index (χ0v) is 21.7. The number of hydrogen-bond donors (Lipinski definition) is 1. The van der Waals surface area contributed by atoms with E-state index in [2.05, 4.69) is 31.2 Å². The number of halogens is 1. The first-order valence-electron chi connectivity index (χ1n) is 11.7. The summed E-state index contributed by atoms with van der Waals surface area (Å²) in [5, 5.41) is 4.09. The number of rotatable bonds is 5. The number of carbonyl (C=O) groups excluding carboxylic acids is 1. The van der Waals surface area contributed by atoms with Crippen LogP contribution in [0, 0.1) is 0 Å². The van der Waals surface area contributed by atoms with E-state index in [9.17, 15) is 9.59 Å². The van der Waals surface area contributed by atoms with E-state index in [1.165, 1.54) is 6.20 Å². The molecular weight excluding hydrogens is 546 g/mol. The highest BCUT2D eigenvalue weighted by atomic mass is 79.9. The second-order valence-corrected chi connectivity index (χ2v) is 9.56. The first kappa shape index (κ1) is 23.6. The van der Waals surface area contributed by atoms with Crippen LogP contribution in [-0.4, -0.2) is 25.0 Å². The molecule has 0 radical (unpaired) electrons. The average molecular weight is 566 g/mol. The van der Waals surface area contributed by atoms with Gasteiger partial charge < -0.3 is 19.2 Å². The minimum atomic E-state index is -0.514. The van der Waals surface area contributed by atoms with E-state index in [0.717, 1.165) is 21.2 Å². The number of anilines is 1. The van der Waals surface area contributed by atoms with Crippen LogP contribution in [0.1, 0.15) is 10.4 Å². The fourth-order valence-electron chi connectivity index (χ4n) is 4.28. The Morgan fingerprint density at radius 3 is 2.45 bits per heavy atom. The highest BCUT2D eigenvalue weighted by molar-refractivity contribution is 9.10. The third-order valence-electron chi connectivity index (χ3n) is 6.18. The van der Waals surface area contributed by atoms with Gasteiger partial charge in [-0.15, -0.1) is 0 Å². The number of fused-ring (bicyclic) bond motifs is 2. The molecule has 0 saturated heterocycles. The van der Waals surface area contributed by atoms with Crippen molar-refractivity contribution < 1.29 is 9.53 Å². The topological polar surface area (TPSA) is 91.0 Å². The number of amides is 1. The molecule has 0 atom stereocenters. The standard InChI is InChI=1S/C29H20BrN5O3/c1-34-16-13-22-25(12-15-32-27(22)34)38-21-10-6-19(7-11-21)33-29(37)24-17-35(20-8-4-18(30)5-9-20)28-23(26(24)36)3-2-14-31-28/h2-17H,1H3,(H,33,37). The van der Waals surface area contributed by atoms with Crippen molar-refractivity contribution in [2.24, 2.45) is 7.05 Å². The largest absolute Gasteiger partial charge is 0.457 e. The molecule has 0 aliphatic rings. The summed E-state index contributed by atoms with van der Waals surface area (Å²) >= 11 is 3.44. The van der Waals surface area contributed by atoms with Gasteiger partial charge in [-0.2, -0.15) is 0 Å². The average Bonchev–Trinajstić information content (AvgIpc) is 3.32. The highest BCUT2D eigenvalue weighted by Gasteiger charge is 2.17. The number of pyridine rings is 3. The lowest BCUT2D eigenvalue weighted by molar-refractivity contribution is 0.102. The normalized spacial score (nSPS) is 11.1. The maximum absolute atomic E-state index is 13.2. The van der Waals surface area contributed by atoms with Crippen molar-refractivity contribution in [3.8, 4) is 17.2 Å². The lowest BCUT2D eigenvalue weighted by atomic mass is 10.1. The van der Waals surface area contributed by atoms with E-state index in [1.807, 2.05) is 54.2 Å². The van der Waals surface area contributed by atoms with E-state index in [4.69, 9.17) is 4.74 Å². The number of hydrogen-bond acceptors (Lipinski definition) is 5. The molecule has 0 unspecified atom stereocenters. The molecule has 4 aromatic heterocycles. The molecule has 0 aliphatic heterocycles. The number of ether oxygens (including phenoxy) is 1. The second-order valence-electron chi connectivity index (χ2n) is 8.65. The molecule has 38 heavy (non-hydrogen) atoms. The summed E-state index contributed by atoms with van der Waals surface area (Å²) in [6.45, 7) is 0. The van der Waals surface area contributed by atoms with E-state index in [1.54, 1.807) is 53.4 Å². The number of aromatic nitrogens is 4. The SMILES string of the molecule is Cn1ccc2c(Oc3ccc(NC(=O)c4cn(-c5ccc(Br)cc5)c5ncccc5c4=O)cc3)ccnc21. The third kappa shape index (κ3) is 4.33. The molecule has 6 rings (SSSR count). The Labute approximate surface area is 225 Å². The molecule has 0 spiro atoms. The molecule has 0 bridgehead atoms. The summed E-state index contributed by atoms with van der Waals surface area (Å²) in [5.41, 5.74) is 2.23. The molecular formula is C29H20BrN5O3. The van der Waals surface area contributed by atoms with Crippen molar-refractivity contribution >= 4 is 49.6 Å². The predicted molar refractivity (Wildman–Crippen MR) is 150 cm³/mol. The van der Waals surface area contributed by atoms with Crippen LogP contribution >= 0.6 is 15.9 Å². The summed E-state index contributed by atoms with van der Waals surface area (Å²) in [5.74, 6) is 0.778. The number of aryl methyl sites for hydroxylation is 1. The molecule has 0 aliphatic carbocycles. The van der Waals surface area contributed by atoms with E-state index in [0.29, 0.717) is 28.2 Å². The summed E-state index contributed by atoms with van der Waals surface area (Å²) in [7, 11) is 1.93. The summed E-state index contributed by atoms with van der Waals surface area (Å²) in [6, 6.07) is 21.6. The van der Waals surface area contributed by atoms with Crippen LogP contribution in [0.25, 0.3) is 27.8 Å². The minimum Gasteiger partial charge on any atom is -0.457 e. The molecule has 0 saturated carbocycles. The quantitative estimate of drug-likeness (QED) is 0.273. The van der Waals surface area contributed by atoms with Crippen molar-refractivity contribution in [2.75, 3.05) is 5.32 Å². The fourth-order valence-corrected chi connectivity index (χ4v) is 4.55. The molecule has 4 heterocycles. The molecule has 1 N–H and O–H groups in total. The van der Waals surface area contributed by atoms with Gasteiger partial charge in [0, 0.05) is 47.7 Å². The van der Waals surface area contributed by atoms with Gasteiger partial charge in [0.25, 0.3) is 5.91 Å². The lowest BCUT2D eigenvalue weighted by Crippen LogP contribution is -2.24. The summed E-state index contributed by atoms with van der Waals surface area (Å²) in [6.07, 6.45) is 6.78. The van der Waals surface area contributed by atoms with Crippen LogP contribution in [0.2, 0.25) is 0 Å². The Hall–Kier alpha value is -4.76. The van der Waals surface area contributed by atoms with Gasteiger partial charge in [-0.1, -0.05) is 15.9 Å². The Kier molecular flexibility index (Phi) is 5.97. The molecule has 6 aromatic rings. The van der Waals surface area contributed by atoms with Crippen LogP contribution in [0.15, 0.2) is 107 Å². The number of carbonyl (C=O) groups is 1. The van der Waals surface area contributed by atoms with Gasteiger partial charge in [0.2, 0.25) is 5.43 Å². The van der Waals surface area contributed by atoms with Crippen molar-refractivity contribution in [1.29, 1.82) is 0 Å². The molecule has 0 fully saturated rings. The fraction of sp³-hybridized carbons (Fsp3) is 0.0345. The Balaban J connectivity index is 1.28. The lowest BCUT2D eigenvalue weighted by Gasteiger charge is -2.13. The van der Waals surface area contributed by atoms with Gasteiger partial charge in [0.15, 0.2) is 0 Å². The Bertz CT molecular complexity index is 1880. The van der Waals surface area contributed by atoms with Gasteiger partial charge in [0.05, 0.1) is 10.8 Å². The first-order chi connectivity index (χ1) is 18.5. The molecule has 1 amide bonds. The van der Waals surface area contributed by atoms with Crippen molar-refractivity contribution in [3.05, 3.63) is 118 Å². The molecule has 186 valence electrons. The van der Waals surface area contributed by atoms with Crippen molar-refractivity contribution in [3.63, 3.8) is 0 Å². The molecule has 8 nitrogen and oxygen atoms in total. The van der Waals surface area contributed by atoms with Gasteiger partial charge in [-0.05, 0) is 72.8 Å². The number of nitrogens with zero attached hydrogens (tertiary/aromatic N) is 4. The molecule has 9 heteroatoms. The number of nitrogens with one attached hydrogen (secondary N) is 1. The van der Waals surface area contributed by atoms with Crippen LogP contribution in [-0.2, 0) is 7.05 Å². The smallest absolute Gasteiger partial charge is 0.261 e. The monoisotopic (exact) mass is 565 g/mol. The van der Waals surface area contributed by atoms with Gasteiger partial charge in [-0.25, -0.2) is 9.97 Å². The van der Waals surface area contributed by atoms with Gasteiger partial charge in [-0.3, -0.25) is 9.59 Å². The van der Waals surface area contributed by atoms with Gasteiger partial charge >= 0.3 is 0 Å². The summed E-state index contributed by atoms with van der Waals surface area (Å²) in [4.78, 5) is 35.2. The van der Waals surface area contributed by atoms with Gasteiger partial charge in [0.1, 0.15) is 28.4 Å². The Morgan fingerprint density at radius 2 is 1.66 bits per heavy atom. The predicted octanol–water partition coefficient (Wildman–Crippen LogP) is 6.08. The van der Waals surface area contributed by atoms with Crippen molar-refractivity contribution in [1.82, 2.24) is 19.1 Å². The van der Waals surface area contributed by atoms with Crippen LogP contribution < -0.4 is 15.5 Å². The van der Waals surface area contributed by atoms with E-state index >= 15 is 0 Å². The second kappa shape index (κ2) is 9.60. The molecule has 2 aromatic carbocycles. The zero-order chi connectivity index (χ0) is 26.2. The van der Waals surface area contributed by atoms with Crippen LogP contribution in [0.4, 0.5) is 5.69 Å². The third-order valence-corrected chi connectivity index (χ3v) is 6.71. The number of benzene rings is 2. The maximum Gasteiger partial charge on any atom is 0.261 e. The highest BCUT2D eigenvalue weighted by Crippen LogP contribution is 2.30. The summed E-state index contributed by atoms with van der Waals surface area (Å²) < 4.78 is 10.6. The van der Waals surface area contributed by atoms with E-state index in [-0.39, 0.29) is 11.0 Å². The first-order valence-corrected chi connectivity index (χ1v) is 12.5. The maximum atomic E-state index is 13.2. The minimum absolute atomic E-state index is 0.0111. The zero-order valence-electron chi connectivity index (χ0n) is 20.1. The van der Waals surface area contributed by atoms with Crippen LogP contribution in [0.3, 0.4) is 0 Å². The van der Waals surface area contributed by atoms with Crippen molar-refractivity contribution in [2.45, 2.75) is 0 Å².